The number of Topliss-reactive ketones (excluding diaryl/α,β-unsaturated/α-hetero) is 1. The van der Waals surface area contributed by atoms with Crippen molar-refractivity contribution in [1.29, 1.82) is 0 Å². The summed E-state index contributed by atoms with van der Waals surface area (Å²) in [6.45, 7) is 2.04. The Hall–Kier alpha value is -0.280. The maximum Gasteiger partial charge on any atom is 0.523 e. The number of halogens is 3. The fourth-order valence-electron chi connectivity index (χ4n) is 2.59. The minimum absolute atomic E-state index is 0.172. The third-order valence-corrected chi connectivity index (χ3v) is 9.14. The summed E-state index contributed by atoms with van der Waals surface area (Å²) in [7, 11) is -8.18. The minimum Gasteiger partial charge on any atom is -0.299 e. The second-order valence-electron chi connectivity index (χ2n) is 5.90. The van der Waals surface area contributed by atoms with E-state index in [0.29, 0.717) is 19.3 Å². The first kappa shape index (κ1) is 20.8. The summed E-state index contributed by atoms with van der Waals surface area (Å²) < 4.78 is 65.2. The first-order chi connectivity index (χ1) is 10.6. The van der Waals surface area contributed by atoms with Crippen molar-refractivity contribution in [3.63, 3.8) is 0 Å². The third kappa shape index (κ3) is 6.62. The van der Waals surface area contributed by atoms with Crippen LogP contribution >= 0.6 is 10.3 Å². The van der Waals surface area contributed by atoms with Crippen LogP contribution in [0.2, 0.25) is 0 Å². The summed E-state index contributed by atoms with van der Waals surface area (Å²) in [6.07, 6.45) is 5.93. The Morgan fingerprint density at radius 2 is 1.70 bits per heavy atom. The highest BCUT2D eigenvalue weighted by Gasteiger charge is 2.51. The van der Waals surface area contributed by atoms with Gasteiger partial charge in [0, 0.05) is 17.9 Å². The van der Waals surface area contributed by atoms with Gasteiger partial charge in [-0.2, -0.15) is 21.6 Å². The molecule has 1 aliphatic heterocycles. The van der Waals surface area contributed by atoms with Gasteiger partial charge in [-0.25, -0.2) is 3.63 Å². The van der Waals surface area contributed by atoms with Crippen molar-refractivity contribution in [2.24, 2.45) is 0 Å². The molecule has 0 radical (unpaired) electrons. The molecule has 0 aromatic carbocycles. The lowest BCUT2D eigenvalue weighted by atomic mass is 10.1. The highest BCUT2D eigenvalue weighted by Crippen LogP contribution is 2.56. The largest absolute Gasteiger partial charge is 0.523 e. The second kappa shape index (κ2) is 8.71. The molecule has 1 fully saturated rings. The summed E-state index contributed by atoms with van der Waals surface area (Å²) in [5.74, 6) is 0.149. The van der Waals surface area contributed by atoms with E-state index in [1.807, 2.05) is 6.92 Å². The molecular formula is C14H25F3O4S2. The van der Waals surface area contributed by atoms with Gasteiger partial charge in [-0.1, -0.05) is 32.6 Å². The van der Waals surface area contributed by atoms with Crippen LogP contribution in [-0.2, 0) is 18.5 Å². The zero-order chi connectivity index (χ0) is 17.6. The maximum absolute atomic E-state index is 12.6. The molecule has 0 unspecified atom stereocenters. The maximum atomic E-state index is 12.6. The monoisotopic (exact) mass is 378 g/mol. The molecule has 0 aromatic rings. The van der Waals surface area contributed by atoms with Gasteiger partial charge in [0.15, 0.2) is 0 Å². The number of rotatable bonds is 9. The lowest BCUT2D eigenvalue weighted by molar-refractivity contribution is -0.116. The molecule has 1 rings (SSSR count). The fraction of sp³-hybridized carbons (Fsp3) is 0.929. The average molecular weight is 378 g/mol. The molecule has 23 heavy (non-hydrogen) atoms. The first-order valence-corrected chi connectivity index (χ1v) is 11.4. The van der Waals surface area contributed by atoms with Crippen molar-refractivity contribution < 1.29 is 30.0 Å². The van der Waals surface area contributed by atoms with Crippen molar-refractivity contribution >= 4 is 26.2 Å². The van der Waals surface area contributed by atoms with E-state index in [9.17, 15) is 26.4 Å². The van der Waals surface area contributed by atoms with Gasteiger partial charge >= 0.3 is 15.6 Å². The lowest BCUT2D eigenvalue weighted by Gasteiger charge is -2.40. The van der Waals surface area contributed by atoms with Crippen molar-refractivity contribution in [1.82, 2.24) is 0 Å². The summed E-state index contributed by atoms with van der Waals surface area (Å²) in [5.41, 5.74) is -5.44. The standard InChI is InChI=1S/C14H25F3O4S2/c1-2-3-4-6-9-13(18)12-22(10-7-5-8-11-22)21-23(19,20)14(15,16)17/h2-12H2,1H3. The molecule has 138 valence electrons. The molecule has 9 heteroatoms. The van der Waals surface area contributed by atoms with Gasteiger partial charge in [-0.15, -0.1) is 10.3 Å². The van der Waals surface area contributed by atoms with Crippen molar-refractivity contribution in [3.8, 4) is 0 Å². The van der Waals surface area contributed by atoms with E-state index in [0.717, 1.165) is 25.7 Å². The molecule has 0 amide bonds. The Labute approximate surface area is 137 Å². The quantitative estimate of drug-likeness (QED) is 0.443. The molecular weight excluding hydrogens is 353 g/mol. The Bertz CT molecular complexity index is 483. The summed E-state index contributed by atoms with van der Waals surface area (Å²) >= 11 is 0. The zero-order valence-electron chi connectivity index (χ0n) is 13.4. The molecule has 1 heterocycles. The van der Waals surface area contributed by atoms with E-state index >= 15 is 0 Å². The molecule has 0 atom stereocenters. The van der Waals surface area contributed by atoms with Gasteiger partial charge in [0.05, 0.1) is 5.75 Å². The minimum atomic E-state index is -5.65. The number of alkyl halides is 3. The Kier molecular flexibility index (Phi) is 7.86. The normalized spacial score (nSPS) is 20.2. The van der Waals surface area contributed by atoms with Crippen LogP contribution in [0.4, 0.5) is 13.2 Å². The van der Waals surface area contributed by atoms with E-state index in [1.165, 1.54) is 0 Å². The average Bonchev–Trinajstić information content (AvgIpc) is 2.42. The smallest absolute Gasteiger partial charge is 0.299 e. The van der Waals surface area contributed by atoms with Crippen molar-refractivity contribution in [2.75, 3.05) is 17.3 Å². The van der Waals surface area contributed by atoms with Gasteiger partial charge in [0.25, 0.3) is 0 Å². The Balaban J connectivity index is 2.73. The fourth-order valence-corrected chi connectivity index (χ4v) is 7.84. The number of carbonyl (C=O) groups is 1. The molecule has 4 nitrogen and oxygen atoms in total. The van der Waals surface area contributed by atoms with E-state index in [-0.39, 0.29) is 29.5 Å². The van der Waals surface area contributed by atoms with Gasteiger partial charge in [-0.05, 0) is 19.3 Å². The van der Waals surface area contributed by atoms with Gasteiger partial charge in [0.1, 0.15) is 5.78 Å². The number of unbranched alkanes of at least 4 members (excludes halogenated alkanes) is 3. The molecule has 0 saturated carbocycles. The Morgan fingerprint density at radius 1 is 1.09 bits per heavy atom. The SMILES string of the molecule is CCCCCCC(=O)CS1(OS(=O)(=O)C(F)(F)F)CCCCC1. The number of ketones is 1. The number of hydrogen-bond acceptors (Lipinski definition) is 4. The predicted octanol–water partition coefficient (Wildman–Crippen LogP) is 4.30. The zero-order valence-corrected chi connectivity index (χ0v) is 15.0. The van der Waals surface area contributed by atoms with Crippen LogP contribution in [0, 0.1) is 0 Å². The summed E-state index contributed by atoms with van der Waals surface area (Å²) in [5, 5.41) is 0. The van der Waals surface area contributed by atoms with Gasteiger partial charge < -0.3 is 0 Å². The topological polar surface area (TPSA) is 60.4 Å². The molecule has 1 aliphatic rings. The van der Waals surface area contributed by atoms with E-state index in [4.69, 9.17) is 0 Å². The Morgan fingerprint density at radius 3 is 2.22 bits per heavy atom. The summed E-state index contributed by atoms with van der Waals surface area (Å²) in [4.78, 5) is 12.1. The van der Waals surface area contributed by atoms with Crippen LogP contribution < -0.4 is 0 Å². The lowest BCUT2D eigenvalue weighted by Crippen LogP contribution is -2.32. The summed E-state index contributed by atoms with van der Waals surface area (Å²) in [6, 6.07) is 0. The highest BCUT2D eigenvalue weighted by atomic mass is 32.3. The first-order valence-electron chi connectivity index (χ1n) is 7.92. The van der Waals surface area contributed by atoms with Crippen LogP contribution in [0.25, 0.3) is 0 Å². The molecule has 0 aliphatic carbocycles. The third-order valence-electron chi connectivity index (χ3n) is 3.78. The number of carbonyl (C=O) groups excluding carboxylic acids is 1. The molecule has 0 aromatic heterocycles. The highest BCUT2D eigenvalue weighted by molar-refractivity contribution is 8.33. The number of hydrogen-bond donors (Lipinski definition) is 0. The van der Waals surface area contributed by atoms with Crippen molar-refractivity contribution in [2.45, 2.75) is 63.8 Å². The van der Waals surface area contributed by atoms with Crippen LogP contribution in [0.1, 0.15) is 58.3 Å². The van der Waals surface area contributed by atoms with Gasteiger partial charge in [-0.3, -0.25) is 4.79 Å². The van der Waals surface area contributed by atoms with Crippen LogP contribution in [0.15, 0.2) is 0 Å². The molecule has 0 bridgehead atoms. The molecule has 0 N–H and O–H groups in total. The van der Waals surface area contributed by atoms with Gasteiger partial charge in [0.2, 0.25) is 0 Å². The second-order valence-corrected chi connectivity index (χ2v) is 10.8. The molecule has 1 saturated heterocycles. The van der Waals surface area contributed by atoms with Crippen LogP contribution in [0.3, 0.4) is 0 Å². The van der Waals surface area contributed by atoms with Crippen LogP contribution in [0.5, 0.6) is 0 Å². The van der Waals surface area contributed by atoms with E-state index in [2.05, 4.69) is 3.63 Å². The van der Waals surface area contributed by atoms with E-state index in [1.54, 1.807) is 0 Å². The van der Waals surface area contributed by atoms with Crippen molar-refractivity contribution in [3.05, 3.63) is 0 Å². The molecule has 0 spiro atoms. The van der Waals surface area contributed by atoms with E-state index < -0.39 is 25.9 Å². The van der Waals surface area contributed by atoms with Crippen LogP contribution in [-0.4, -0.2) is 37.0 Å². The predicted molar refractivity (Wildman–Crippen MR) is 85.9 cm³/mol.